The van der Waals surface area contributed by atoms with E-state index >= 15 is 0 Å². The van der Waals surface area contributed by atoms with E-state index < -0.39 is 0 Å². The summed E-state index contributed by atoms with van der Waals surface area (Å²) in [4.78, 5) is 11.1. The molecule has 1 heteroatoms. The molecule has 0 spiro atoms. The van der Waals surface area contributed by atoms with Crippen molar-refractivity contribution < 1.29 is 4.79 Å². The molecule has 0 rings (SSSR count). The SMILES string of the molecule is CCCCCC=CCCC(C=O)CCCCCCCC. The summed E-state index contributed by atoms with van der Waals surface area (Å²) in [5.74, 6) is 0.293. The normalized spacial score (nSPS) is 12.9. The van der Waals surface area contributed by atoms with Gasteiger partial charge in [-0.15, -0.1) is 0 Å². The van der Waals surface area contributed by atoms with Gasteiger partial charge in [-0.2, -0.15) is 0 Å². The van der Waals surface area contributed by atoms with E-state index in [0.29, 0.717) is 5.92 Å². The lowest BCUT2D eigenvalue weighted by Gasteiger charge is -2.08. The van der Waals surface area contributed by atoms with Gasteiger partial charge >= 0.3 is 0 Å². The van der Waals surface area contributed by atoms with Crippen LogP contribution in [-0.4, -0.2) is 6.29 Å². The van der Waals surface area contributed by atoms with Gasteiger partial charge in [-0.3, -0.25) is 0 Å². The summed E-state index contributed by atoms with van der Waals surface area (Å²) in [6.07, 6.45) is 22.0. The molecule has 0 aliphatic heterocycles. The van der Waals surface area contributed by atoms with E-state index in [0.717, 1.165) is 19.3 Å². The molecule has 0 radical (unpaired) electrons. The molecule has 0 aromatic heterocycles. The Hall–Kier alpha value is -0.590. The van der Waals surface area contributed by atoms with Crippen molar-refractivity contribution in [3.63, 3.8) is 0 Å². The highest BCUT2D eigenvalue weighted by molar-refractivity contribution is 5.53. The zero-order valence-corrected chi connectivity index (χ0v) is 13.9. The zero-order chi connectivity index (χ0) is 14.9. The predicted octanol–water partition coefficient (Wildman–Crippen LogP) is 6.47. The molecule has 0 heterocycles. The Kier molecular flexibility index (Phi) is 16.0. The first-order chi connectivity index (χ1) is 9.85. The van der Waals surface area contributed by atoms with Crippen LogP contribution in [-0.2, 0) is 4.79 Å². The summed E-state index contributed by atoms with van der Waals surface area (Å²) < 4.78 is 0. The van der Waals surface area contributed by atoms with Crippen molar-refractivity contribution in [2.24, 2.45) is 5.92 Å². The smallest absolute Gasteiger partial charge is 0.123 e. The van der Waals surface area contributed by atoms with Gasteiger partial charge in [-0.25, -0.2) is 0 Å². The molecule has 0 N–H and O–H groups in total. The van der Waals surface area contributed by atoms with Gasteiger partial charge in [0.15, 0.2) is 0 Å². The van der Waals surface area contributed by atoms with Crippen LogP contribution in [0.25, 0.3) is 0 Å². The Balaban J connectivity index is 3.44. The van der Waals surface area contributed by atoms with E-state index in [1.54, 1.807) is 0 Å². The molecule has 0 bridgehead atoms. The average molecular weight is 280 g/mol. The van der Waals surface area contributed by atoms with Gasteiger partial charge in [0.1, 0.15) is 6.29 Å². The van der Waals surface area contributed by atoms with Crippen LogP contribution in [0.3, 0.4) is 0 Å². The topological polar surface area (TPSA) is 17.1 Å². The van der Waals surface area contributed by atoms with Crippen molar-refractivity contribution in [2.45, 2.75) is 97.3 Å². The van der Waals surface area contributed by atoms with Gasteiger partial charge in [-0.1, -0.05) is 77.4 Å². The largest absolute Gasteiger partial charge is 0.303 e. The molecule has 1 unspecified atom stereocenters. The van der Waals surface area contributed by atoms with Gasteiger partial charge in [0, 0.05) is 5.92 Å². The van der Waals surface area contributed by atoms with E-state index in [-0.39, 0.29) is 0 Å². The Morgan fingerprint density at radius 2 is 1.30 bits per heavy atom. The fourth-order valence-corrected chi connectivity index (χ4v) is 2.53. The third kappa shape index (κ3) is 13.8. The molecule has 0 aromatic carbocycles. The molecule has 0 saturated heterocycles. The van der Waals surface area contributed by atoms with Crippen molar-refractivity contribution in [3.05, 3.63) is 12.2 Å². The van der Waals surface area contributed by atoms with E-state index in [9.17, 15) is 4.79 Å². The van der Waals surface area contributed by atoms with Gasteiger partial charge in [0.05, 0.1) is 0 Å². The van der Waals surface area contributed by atoms with Crippen molar-refractivity contribution in [3.8, 4) is 0 Å². The molecule has 0 amide bonds. The molecule has 0 aliphatic rings. The van der Waals surface area contributed by atoms with Crippen LogP contribution >= 0.6 is 0 Å². The van der Waals surface area contributed by atoms with Crippen LogP contribution in [0, 0.1) is 5.92 Å². The van der Waals surface area contributed by atoms with Crippen LogP contribution < -0.4 is 0 Å². The fourth-order valence-electron chi connectivity index (χ4n) is 2.53. The minimum Gasteiger partial charge on any atom is -0.303 e. The first-order valence-corrected chi connectivity index (χ1v) is 8.95. The van der Waals surface area contributed by atoms with Gasteiger partial charge < -0.3 is 4.79 Å². The first-order valence-electron chi connectivity index (χ1n) is 8.95. The lowest BCUT2D eigenvalue weighted by Crippen LogP contribution is -2.01. The molecular weight excluding hydrogens is 244 g/mol. The monoisotopic (exact) mass is 280 g/mol. The molecule has 1 nitrogen and oxygen atoms in total. The molecule has 20 heavy (non-hydrogen) atoms. The molecule has 0 aliphatic carbocycles. The van der Waals surface area contributed by atoms with Crippen molar-refractivity contribution in [2.75, 3.05) is 0 Å². The highest BCUT2D eigenvalue weighted by Gasteiger charge is 2.05. The number of rotatable bonds is 15. The van der Waals surface area contributed by atoms with Crippen LogP contribution in [0.4, 0.5) is 0 Å². The number of carbonyl (C=O) groups excluding carboxylic acids is 1. The maximum absolute atomic E-state index is 11.1. The number of carbonyl (C=O) groups is 1. The quantitative estimate of drug-likeness (QED) is 0.191. The number of aldehydes is 1. The predicted molar refractivity (Wildman–Crippen MR) is 90.1 cm³/mol. The lowest BCUT2D eigenvalue weighted by atomic mass is 9.97. The minimum absolute atomic E-state index is 0.293. The highest BCUT2D eigenvalue weighted by atomic mass is 16.1. The fraction of sp³-hybridized carbons (Fsp3) is 0.842. The number of hydrogen-bond acceptors (Lipinski definition) is 1. The first kappa shape index (κ1) is 19.4. The average Bonchev–Trinajstić information content (AvgIpc) is 2.47. The Labute approximate surface area is 127 Å². The van der Waals surface area contributed by atoms with E-state index in [1.807, 2.05) is 0 Å². The second kappa shape index (κ2) is 16.5. The molecule has 118 valence electrons. The second-order valence-corrected chi connectivity index (χ2v) is 6.00. The number of unbranched alkanes of at least 4 members (excludes halogenated alkanes) is 8. The molecule has 0 saturated carbocycles. The summed E-state index contributed by atoms with van der Waals surface area (Å²) in [6.45, 7) is 4.48. The van der Waals surface area contributed by atoms with Gasteiger partial charge in [0.25, 0.3) is 0 Å². The van der Waals surface area contributed by atoms with Gasteiger partial charge in [-0.05, 0) is 32.1 Å². The summed E-state index contributed by atoms with van der Waals surface area (Å²) in [5.41, 5.74) is 0. The van der Waals surface area contributed by atoms with Gasteiger partial charge in [0.2, 0.25) is 0 Å². The third-order valence-corrected chi connectivity index (χ3v) is 3.97. The molecule has 1 atom stereocenters. The van der Waals surface area contributed by atoms with E-state index in [4.69, 9.17) is 0 Å². The Morgan fingerprint density at radius 3 is 2.00 bits per heavy atom. The summed E-state index contributed by atoms with van der Waals surface area (Å²) in [7, 11) is 0. The summed E-state index contributed by atoms with van der Waals surface area (Å²) in [5, 5.41) is 0. The minimum atomic E-state index is 0.293. The maximum atomic E-state index is 11.1. The van der Waals surface area contributed by atoms with Crippen LogP contribution in [0.2, 0.25) is 0 Å². The Morgan fingerprint density at radius 1 is 0.700 bits per heavy atom. The zero-order valence-electron chi connectivity index (χ0n) is 13.9. The van der Waals surface area contributed by atoms with Crippen LogP contribution in [0.5, 0.6) is 0 Å². The number of hydrogen-bond donors (Lipinski definition) is 0. The molecule has 0 aromatic rings. The van der Waals surface area contributed by atoms with Crippen molar-refractivity contribution >= 4 is 6.29 Å². The molecular formula is C19H36O. The van der Waals surface area contributed by atoms with Crippen LogP contribution in [0.1, 0.15) is 97.3 Å². The maximum Gasteiger partial charge on any atom is 0.123 e. The van der Waals surface area contributed by atoms with Crippen molar-refractivity contribution in [1.82, 2.24) is 0 Å². The van der Waals surface area contributed by atoms with E-state index in [1.165, 1.54) is 70.5 Å². The van der Waals surface area contributed by atoms with E-state index in [2.05, 4.69) is 26.0 Å². The summed E-state index contributed by atoms with van der Waals surface area (Å²) in [6, 6.07) is 0. The lowest BCUT2D eigenvalue weighted by molar-refractivity contribution is -0.111. The highest BCUT2D eigenvalue weighted by Crippen LogP contribution is 2.15. The molecule has 0 fully saturated rings. The summed E-state index contributed by atoms with van der Waals surface area (Å²) >= 11 is 0. The third-order valence-electron chi connectivity index (χ3n) is 3.97. The second-order valence-electron chi connectivity index (χ2n) is 6.00. The Bertz CT molecular complexity index is 220. The van der Waals surface area contributed by atoms with Crippen LogP contribution in [0.15, 0.2) is 12.2 Å². The van der Waals surface area contributed by atoms with Crippen molar-refractivity contribution in [1.29, 1.82) is 0 Å². The number of allylic oxidation sites excluding steroid dienone is 2. The standard InChI is InChI=1S/C19H36O/c1-3-5-7-9-11-13-15-17-19(18-20)16-14-12-10-8-6-4-2/h11,13,18-19H,3-10,12,14-17H2,1-2H3.